The van der Waals surface area contributed by atoms with Crippen molar-refractivity contribution in [2.75, 3.05) is 13.2 Å². The summed E-state index contributed by atoms with van der Waals surface area (Å²) in [6.07, 6.45) is 7.96. The summed E-state index contributed by atoms with van der Waals surface area (Å²) in [4.78, 5) is 35.8. The van der Waals surface area contributed by atoms with Crippen molar-refractivity contribution in [3.63, 3.8) is 0 Å². The van der Waals surface area contributed by atoms with Crippen molar-refractivity contribution in [1.29, 1.82) is 0 Å². The van der Waals surface area contributed by atoms with Crippen LogP contribution in [0, 0.1) is 34.5 Å². The number of Topliss-reactive ketones (excluding diaryl/α,β-unsaturated/α-hetero) is 1. The van der Waals surface area contributed by atoms with Crippen LogP contribution in [0.1, 0.15) is 72.1 Å². The first-order valence-electron chi connectivity index (χ1n) is 12.2. The van der Waals surface area contributed by atoms with Gasteiger partial charge in [0.15, 0.2) is 5.78 Å². The average molecular weight is 511 g/mol. The van der Waals surface area contributed by atoms with Crippen molar-refractivity contribution < 1.29 is 28.6 Å². The molecule has 7 heteroatoms. The zero-order valence-corrected chi connectivity index (χ0v) is 20.9. The van der Waals surface area contributed by atoms with Gasteiger partial charge in [-0.15, -0.1) is 0 Å². The van der Waals surface area contributed by atoms with Crippen LogP contribution in [0.2, 0.25) is 0 Å². The molecule has 1 aliphatic heterocycles. The van der Waals surface area contributed by atoms with Gasteiger partial charge in [0.25, 0.3) is 0 Å². The SMILES string of the molecule is CC(=O)OCC(=O)[C@H]1CC[C@H]2[C@@H]3CC4OC[C@@]5(CCC(OC(C)=O)C[C@]45Br)[C@H]3CC[C@]12C. The second-order valence-corrected chi connectivity index (χ2v) is 12.7. The molecule has 0 spiro atoms. The molecule has 0 aromatic rings. The van der Waals surface area contributed by atoms with Crippen molar-refractivity contribution in [1.82, 2.24) is 0 Å². The highest BCUT2D eigenvalue weighted by Crippen LogP contribution is 2.73. The summed E-state index contributed by atoms with van der Waals surface area (Å²) < 4.78 is 17.0. The van der Waals surface area contributed by atoms with E-state index in [1.807, 2.05) is 0 Å². The van der Waals surface area contributed by atoms with Crippen LogP contribution < -0.4 is 0 Å². The zero-order valence-electron chi connectivity index (χ0n) is 19.4. The number of rotatable bonds is 4. The molecular formula is C25H35BrO6. The first-order valence-corrected chi connectivity index (χ1v) is 13.0. The number of carbonyl (C=O) groups is 3. The normalized spacial score (nSPS) is 48.9. The molecule has 0 radical (unpaired) electrons. The Balaban J connectivity index is 1.38. The minimum absolute atomic E-state index is 0.0146. The van der Waals surface area contributed by atoms with E-state index in [0.29, 0.717) is 17.8 Å². The van der Waals surface area contributed by atoms with E-state index in [9.17, 15) is 14.4 Å². The van der Waals surface area contributed by atoms with Crippen molar-refractivity contribution in [2.45, 2.75) is 88.7 Å². The van der Waals surface area contributed by atoms with E-state index < -0.39 is 0 Å². The molecule has 4 saturated carbocycles. The van der Waals surface area contributed by atoms with Crippen molar-refractivity contribution in [3.05, 3.63) is 0 Å². The van der Waals surface area contributed by atoms with E-state index in [2.05, 4.69) is 22.9 Å². The fraction of sp³-hybridized carbons (Fsp3) is 0.880. The third kappa shape index (κ3) is 3.16. The third-order valence-corrected chi connectivity index (χ3v) is 11.7. The van der Waals surface area contributed by atoms with Gasteiger partial charge in [-0.25, -0.2) is 0 Å². The number of esters is 2. The van der Waals surface area contributed by atoms with E-state index in [1.165, 1.54) is 13.8 Å². The van der Waals surface area contributed by atoms with Crippen molar-refractivity contribution in [2.24, 2.45) is 34.5 Å². The molecule has 2 unspecified atom stereocenters. The van der Waals surface area contributed by atoms with Gasteiger partial charge in [0, 0.05) is 31.6 Å². The first kappa shape index (κ1) is 22.8. The Kier molecular flexibility index (Phi) is 5.56. The Bertz CT molecular complexity index is 829. The minimum Gasteiger partial charge on any atom is -0.463 e. The summed E-state index contributed by atoms with van der Waals surface area (Å²) >= 11 is 4.19. The van der Waals surface area contributed by atoms with E-state index in [0.717, 1.165) is 58.0 Å². The number of ketones is 1. The van der Waals surface area contributed by atoms with E-state index in [-0.39, 0.29) is 57.6 Å². The smallest absolute Gasteiger partial charge is 0.303 e. The van der Waals surface area contributed by atoms with Crippen LogP contribution in [-0.4, -0.2) is 47.5 Å². The number of hydrogen-bond acceptors (Lipinski definition) is 6. The lowest BCUT2D eigenvalue weighted by Gasteiger charge is -2.62. The number of fused-ring (bicyclic) bond motifs is 3. The summed E-state index contributed by atoms with van der Waals surface area (Å²) in [7, 11) is 0. The van der Waals surface area contributed by atoms with Gasteiger partial charge in [-0.3, -0.25) is 14.4 Å². The highest BCUT2D eigenvalue weighted by Gasteiger charge is 2.72. The Morgan fingerprint density at radius 3 is 2.53 bits per heavy atom. The van der Waals surface area contributed by atoms with Gasteiger partial charge < -0.3 is 14.2 Å². The Morgan fingerprint density at radius 1 is 1.03 bits per heavy atom. The molecule has 5 fully saturated rings. The molecule has 32 heavy (non-hydrogen) atoms. The lowest BCUT2D eigenvalue weighted by atomic mass is 9.44. The molecule has 9 atom stereocenters. The second kappa shape index (κ2) is 7.79. The lowest BCUT2D eigenvalue weighted by Crippen LogP contribution is -2.63. The van der Waals surface area contributed by atoms with Crippen LogP contribution in [0.3, 0.4) is 0 Å². The largest absolute Gasteiger partial charge is 0.463 e. The Morgan fingerprint density at radius 2 is 1.81 bits per heavy atom. The molecule has 0 aromatic carbocycles. The third-order valence-electron chi connectivity index (χ3n) is 10.1. The molecule has 1 heterocycles. The van der Waals surface area contributed by atoms with Crippen molar-refractivity contribution in [3.8, 4) is 0 Å². The summed E-state index contributed by atoms with van der Waals surface area (Å²) in [5, 5.41) is 0. The van der Waals surface area contributed by atoms with Crippen LogP contribution in [0.15, 0.2) is 0 Å². The molecule has 5 aliphatic rings. The Hall–Kier alpha value is -0.950. The number of hydrogen-bond donors (Lipinski definition) is 0. The summed E-state index contributed by atoms with van der Waals surface area (Å²) in [5.41, 5.74) is 0.0636. The molecule has 1 saturated heterocycles. The fourth-order valence-corrected chi connectivity index (χ4v) is 10.1. The van der Waals surface area contributed by atoms with E-state index in [4.69, 9.17) is 14.2 Å². The molecule has 6 nitrogen and oxygen atoms in total. The molecule has 4 aliphatic carbocycles. The van der Waals surface area contributed by atoms with Crippen LogP contribution >= 0.6 is 15.9 Å². The summed E-state index contributed by atoms with van der Waals surface area (Å²) in [6, 6.07) is 0. The van der Waals surface area contributed by atoms with Crippen LogP contribution in [-0.2, 0) is 28.6 Å². The number of alkyl halides is 1. The molecule has 0 N–H and O–H groups in total. The topological polar surface area (TPSA) is 78.9 Å². The van der Waals surface area contributed by atoms with Gasteiger partial charge in [-0.1, -0.05) is 22.9 Å². The van der Waals surface area contributed by atoms with Crippen LogP contribution in [0.5, 0.6) is 0 Å². The fourth-order valence-electron chi connectivity index (χ4n) is 8.83. The average Bonchev–Trinajstić information content (AvgIpc) is 3.14. The molecule has 178 valence electrons. The first-order chi connectivity index (χ1) is 15.1. The number of halogens is 1. The maximum absolute atomic E-state index is 13.0. The highest BCUT2D eigenvalue weighted by molar-refractivity contribution is 9.10. The molecule has 5 rings (SSSR count). The predicted molar refractivity (Wildman–Crippen MR) is 120 cm³/mol. The van der Waals surface area contributed by atoms with E-state index >= 15 is 0 Å². The highest BCUT2D eigenvalue weighted by atomic mass is 79.9. The quantitative estimate of drug-likeness (QED) is 0.416. The van der Waals surface area contributed by atoms with Crippen LogP contribution in [0.25, 0.3) is 0 Å². The number of carbonyl (C=O) groups excluding carboxylic acids is 3. The van der Waals surface area contributed by atoms with Gasteiger partial charge in [-0.05, 0) is 68.1 Å². The van der Waals surface area contributed by atoms with E-state index in [1.54, 1.807) is 0 Å². The molecule has 0 amide bonds. The zero-order chi connectivity index (χ0) is 22.9. The predicted octanol–water partition coefficient (Wildman–Crippen LogP) is 4.22. The van der Waals surface area contributed by atoms with Gasteiger partial charge in [0.05, 0.1) is 17.0 Å². The van der Waals surface area contributed by atoms with Crippen LogP contribution in [0.4, 0.5) is 0 Å². The molecular weight excluding hydrogens is 476 g/mol. The number of ether oxygens (including phenoxy) is 3. The minimum atomic E-state index is -0.389. The van der Waals surface area contributed by atoms with Gasteiger partial charge in [0.2, 0.25) is 0 Å². The monoisotopic (exact) mass is 510 g/mol. The standard InChI is InChI=1S/C25H35BrO6/c1-14(27)30-12-21(29)20-5-4-18-17-10-22-25(26)11-16(32-15(2)28)6-9-24(25,13-31-22)19(17)7-8-23(18,20)3/h16-20,22H,4-13H2,1-3H3/t16?,17-,18-,19-,20+,22?,23-,24-,25-/m0/s1. The van der Waals surface area contributed by atoms with Gasteiger partial charge in [-0.2, -0.15) is 0 Å². The molecule has 0 aromatic heterocycles. The van der Waals surface area contributed by atoms with Crippen molar-refractivity contribution >= 4 is 33.7 Å². The second-order valence-electron chi connectivity index (χ2n) is 11.3. The maximum atomic E-state index is 13.0. The van der Waals surface area contributed by atoms with Gasteiger partial charge >= 0.3 is 11.9 Å². The maximum Gasteiger partial charge on any atom is 0.303 e. The Labute approximate surface area is 198 Å². The summed E-state index contributed by atoms with van der Waals surface area (Å²) in [5.74, 6) is 1.13. The molecule has 2 bridgehead atoms. The summed E-state index contributed by atoms with van der Waals surface area (Å²) in [6.45, 7) is 5.86. The lowest BCUT2D eigenvalue weighted by molar-refractivity contribution is -0.155. The van der Waals surface area contributed by atoms with Gasteiger partial charge in [0.1, 0.15) is 12.7 Å².